The van der Waals surface area contributed by atoms with Gasteiger partial charge in [-0.1, -0.05) is 13.8 Å². The van der Waals surface area contributed by atoms with Crippen LogP contribution in [0.4, 0.5) is 0 Å². The number of hydrogen-bond donors (Lipinski definition) is 1. The Labute approximate surface area is 95.9 Å². The summed E-state index contributed by atoms with van der Waals surface area (Å²) in [7, 11) is 0. The molecule has 0 atom stereocenters. The Balaban J connectivity index is 2.68. The molecule has 1 rings (SSSR count). The molecule has 0 aromatic carbocycles. The predicted octanol–water partition coefficient (Wildman–Crippen LogP) is 2.60. The Kier molecular flexibility index (Phi) is 5.05. The molecule has 0 aliphatic rings. The van der Waals surface area contributed by atoms with Crippen LogP contribution in [0.3, 0.4) is 0 Å². The Hall–Kier alpha value is -1.29. The van der Waals surface area contributed by atoms with Gasteiger partial charge in [-0.15, -0.1) is 0 Å². The largest absolute Gasteiger partial charge is 0.478 e. The smallest absolute Gasteiger partial charge is 0.339 e. The van der Waals surface area contributed by atoms with Crippen molar-refractivity contribution in [1.29, 1.82) is 0 Å². The van der Waals surface area contributed by atoms with Crippen LogP contribution in [0.2, 0.25) is 0 Å². The molecule has 0 radical (unpaired) electrons. The van der Waals surface area contributed by atoms with E-state index in [1.807, 2.05) is 0 Å². The van der Waals surface area contributed by atoms with Gasteiger partial charge in [-0.25, -0.2) is 4.79 Å². The Morgan fingerprint density at radius 3 is 2.50 bits per heavy atom. The molecule has 16 heavy (non-hydrogen) atoms. The number of furan rings is 1. The van der Waals surface area contributed by atoms with E-state index in [0.29, 0.717) is 12.3 Å². The summed E-state index contributed by atoms with van der Waals surface area (Å²) in [5.74, 6) is -0.369. The summed E-state index contributed by atoms with van der Waals surface area (Å²) in [6.07, 6.45) is 3.56. The molecule has 90 valence electrons. The van der Waals surface area contributed by atoms with E-state index in [2.05, 4.69) is 18.7 Å². The van der Waals surface area contributed by atoms with E-state index in [4.69, 9.17) is 9.52 Å². The van der Waals surface area contributed by atoms with Crippen LogP contribution in [0.5, 0.6) is 0 Å². The first-order valence-corrected chi connectivity index (χ1v) is 5.71. The first-order valence-electron chi connectivity index (χ1n) is 5.71. The highest BCUT2D eigenvalue weighted by Crippen LogP contribution is 2.13. The summed E-state index contributed by atoms with van der Waals surface area (Å²) in [6.45, 7) is 6.74. The SMILES string of the molecule is CCCN(CCC)Cc1occc1C(=O)O. The summed E-state index contributed by atoms with van der Waals surface area (Å²) in [6, 6.07) is 1.51. The molecule has 1 aromatic heterocycles. The normalized spacial score (nSPS) is 10.9. The van der Waals surface area contributed by atoms with Gasteiger partial charge in [0.2, 0.25) is 0 Å². The Bertz CT molecular complexity index is 327. The van der Waals surface area contributed by atoms with Crippen LogP contribution in [-0.4, -0.2) is 29.1 Å². The molecule has 0 aliphatic heterocycles. The minimum Gasteiger partial charge on any atom is -0.478 e. The predicted molar refractivity (Wildman–Crippen MR) is 61.5 cm³/mol. The first-order chi connectivity index (χ1) is 7.69. The van der Waals surface area contributed by atoms with Crippen LogP contribution in [-0.2, 0) is 6.54 Å². The zero-order valence-electron chi connectivity index (χ0n) is 9.90. The second-order valence-electron chi connectivity index (χ2n) is 3.84. The molecule has 0 aliphatic carbocycles. The van der Waals surface area contributed by atoms with E-state index >= 15 is 0 Å². The molecule has 0 spiro atoms. The first kappa shape index (κ1) is 12.8. The highest BCUT2D eigenvalue weighted by atomic mass is 16.4. The van der Waals surface area contributed by atoms with Gasteiger partial charge in [-0.2, -0.15) is 0 Å². The van der Waals surface area contributed by atoms with E-state index in [1.54, 1.807) is 0 Å². The molecule has 0 saturated heterocycles. The Morgan fingerprint density at radius 1 is 1.38 bits per heavy atom. The second-order valence-corrected chi connectivity index (χ2v) is 3.84. The molecule has 4 nitrogen and oxygen atoms in total. The van der Waals surface area contributed by atoms with E-state index in [9.17, 15) is 4.79 Å². The lowest BCUT2D eigenvalue weighted by Gasteiger charge is -2.19. The zero-order chi connectivity index (χ0) is 12.0. The average Bonchev–Trinajstić information content (AvgIpc) is 2.66. The van der Waals surface area contributed by atoms with E-state index in [0.717, 1.165) is 25.9 Å². The van der Waals surface area contributed by atoms with Crippen LogP contribution >= 0.6 is 0 Å². The van der Waals surface area contributed by atoms with E-state index in [1.165, 1.54) is 12.3 Å². The lowest BCUT2D eigenvalue weighted by molar-refractivity contribution is 0.0692. The Morgan fingerprint density at radius 2 is 2.00 bits per heavy atom. The van der Waals surface area contributed by atoms with Crippen LogP contribution in [0.25, 0.3) is 0 Å². The number of nitrogens with zero attached hydrogens (tertiary/aromatic N) is 1. The molecular weight excluding hydrogens is 206 g/mol. The standard InChI is InChI=1S/C12H19NO3/c1-3-6-13(7-4-2)9-11-10(12(14)15)5-8-16-11/h5,8H,3-4,6-7,9H2,1-2H3,(H,14,15). The minimum absolute atomic E-state index is 0.275. The second kappa shape index (κ2) is 6.33. The van der Waals surface area contributed by atoms with Crippen molar-refractivity contribution < 1.29 is 14.3 Å². The van der Waals surface area contributed by atoms with Crippen LogP contribution < -0.4 is 0 Å². The number of aromatic carboxylic acids is 1. The summed E-state index contributed by atoms with van der Waals surface area (Å²) >= 11 is 0. The van der Waals surface area contributed by atoms with E-state index in [-0.39, 0.29) is 5.56 Å². The third kappa shape index (κ3) is 3.38. The van der Waals surface area contributed by atoms with Crippen molar-refractivity contribution >= 4 is 5.97 Å². The molecule has 4 heteroatoms. The van der Waals surface area contributed by atoms with Gasteiger partial charge < -0.3 is 9.52 Å². The lowest BCUT2D eigenvalue weighted by atomic mass is 10.2. The maximum Gasteiger partial charge on any atom is 0.339 e. The number of carbonyl (C=O) groups is 1. The van der Waals surface area contributed by atoms with Crippen LogP contribution in [0, 0.1) is 0 Å². The maximum absolute atomic E-state index is 10.9. The molecule has 0 amide bonds. The van der Waals surface area contributed by atoms with Crippen molar-refractivity contribution in [3.05, 3.63) is 23.7 Å². The average molecular weight is 225 g/mol. The van der Waals surface area contributed by atoms with Crippen LogP contribution in [0.1, 0.15) is 42.8 Å². The number of rotatable bonds is 7. The van der Waals surface area contributed by atoms with Gasteiger partial charge in [0.05, 0.1) is 12.8 Å². The number of carboxylic acids is 1. The summed E-state index contributed by atoms with van der Waals surface area (Å²) in [5, 5.41) is 8.95. The van der Waals surface area contributed by atoms with Crippen molar-refractivity contribution in [1.82, 2.24) is 4.90 Å². The highest BCUT2D eigenvalue weighted by molar-refractivity contribution is 5.88. The lowest BCUT2D eigenvalue weighted by Crippen LogP contribution is -2.25. The molecule has 0 unspecified atom stereocenters. The van der Waals surface area contributed by atoms with Gasteiger partial charge in [0, 0.05) is 0 Å². The van der Waals surface area contributed by atoms with Gasteiger partial charge in [0.1, 0.15) is 11.3 Å². The zero-order valence-corrected chi connectivity index (χ0v) is 9.90. The third-order valence-electron chi connectivity index (χ3n) is 2.42. The molecule has 0 bridgehead atoms. The molecular formula is C12H19NO3. The van der Waals surface area contributed by atoms with Crippen molar-refractivity contribution in [3.8, 4) is 0 Å². The fraction of sp³-hybridized carbons (Fsp3) is 0.583. The summed E-state index contributed by atoms with van der Waals surface area (Å²) < 4.78 is 5.23. The summed E-state index contributed by atoms with van der Waals surface area (Å²) in [5.41, 5.74) is 0.275. The quantitative estimate of drug-likeness (QED) is 0.775. The molecule has 1 aromatic rings. The fourth-order valence-electron chi connectivity index (χ4n) is 1.76. The monoisotopic (exact) mass is 225 g/mol. The van der Waals surface area contributed by atoms with Crippen molar-refractivity contribution in [3.63, 3.8) is 0 Å². The van der Waals surface area contributed by atoms with Gasteiger partial charge in [0.15, 0.2) is 0 Å². The van der Waals surface area contributed by atoms with Gasteiger partial charge in [-0.3, -0.25) is 4.90 Å². The third-order valence-corrected chi connectivity index (χ3v) is 2.42. The molecule has 1 N–H and O–H groups in total. The van der Waals surface area contributed by atoms with Crippen molar-refractivity contribution in [2.75, 3.05) is 13.1 Å². The minimum atomic E-state index is -0.920. The highest BCUT2D eigenvalue weighted by Gasteiger charge is 2.15. The summed E-state index contributed by atoms with van der Waals surface area (Å²) in [4.78, 5) is 13.1. The molecule has 0 saturated carbocycles. The van der Waals surface area contributed by atoms with Gasteiger partial charge in [-0.05, 0) is 32.0 Å². The fourth-order valence-corrected chi connectivity index (χ4v) is 1.76. The topological polar surface area (TPSA) is 53.7 Å². The molecule has 0 fully saturated rings. The van der Waals surface area contributed by atoms with Crippen molar-refractivity contribution in [2.24, 2.45) is 0 Å². The number of hydrogen-bond acceptors (Lipinski definition) is 3. The van der Waals surface area contributed by atoms with Gasteiger partial charge in [0.25, 0.3) is 0 Å². The molecule has 1 heterocycles. The van der Waals surface area contributed by atoms with Crippen molar-refractivity contribution in [2.45, 2.75) is 33.2 Å². The van der Waals surface area contributed by atoms with E-state index < -0.39 is 5.97 Å². The number of carboxylic acid groups (broad SMARTS) is 1. The maximum atomic E-state index is 10.9. The van der Waals surface area contributed by atoms with Crippen LogP contribution in [0.15, 0.2) is 16.7 Å². The van der Waals surface area contributed by atoms with Gasteiger partial charge >= 0.3 is 5.97 Å².